The van der Waals surface area contributed by atoms with Crippen molar-refractivity contribution in [3.63, 3.8) is 0 Å². The second-order valence-corrected chi connectivity index (χ2v) is 5.31. The molecule has 0 aromatic rings. The van der Waals surface area contributed by atoms with Gasteiger partial charge in [0.1, 0.15) is 0 Å². The molecule has 1 atom stereocenters. The molecule has 0 aliphatic heterocycles. The molecule has 0 saturated carbocycles. The van der Waals surface area contributed by atoms with Crippen molar-refractivity contribution in [1.82, 2.24) is 0 Å². The summed E-state index contributed by atoms with van der Waals surface area (Å²) in [5, 5.41) is 0. The molecule has 0 aromatic heterocycles. The molecule has 0 aliphatic rings. The van der Waals surface area contributed by atoms with Gasteiger partial charge in [0.2, 0.25) is 0 Å². The molecule has 0 bridgehead atoms. The molecule has 0 nitrogen and oxygen atoms in total. The van der Waals surface area contributed by atoms with Crippen LogP contribution in [0, 0.1) is 0 Å². The van der Waals surface area contributed by atoms with Crippen LogP contribution in [-0.4, -0.2) is 9.95 Å². The van der Waals surface area contributed by atoms with Crippen molar-refractivity contribution in [2.75, 3.05) is 6.16 Å². The summed E-state index contributed by atoms with van der Waals surface area (Å²) in [4.78, 5) is 0. The molecule has 0 saturated heterocycles. The van der Waals surface area contributed by atoms with E-state index in [4.69, 9.17) is 34.8 Å². The molecule has 70 valence electrons. The predicted octanol–water partition coefficient (Wildman–Crippen LogP) is 3.79. The standard InChI is InChI=1S/C6H12Cl3P.Ru/c7-6(8,9)4-2-1-3-5-10;/h1-5,10H2;. The quantitative estimate of drug-likeness (QED) is 0.320. The van der Waals surface area contributed by atoms with Gasteiger partial charge in [-0.05, 0) is 25.4 Å². The first-order valence-electron chi connectivity index (χ1n) is 3.33. The van der Waals surface area contributed by atoms with Gasteiger partial charge < -0.3 is 0 Å². The summed E-state index contributed by atoms with van der Waals surface area (Å²) in [5.41, 5.74) is 0. The number of unbranched alkanes of at least 4 members (excludes halogenated alkanes) is 2. The Bertz CT molecular complexity index is 84.4. The fourth-order valence-corrected chi connectivity index (χ4v) is 1.34. The van der Waals surface area contributed by atoms with Gasteiger partial charge in [-0.25, -0.2) is 0 Å². The van der Waals surface area contributed by atoms with Crippen molar-refractivity contribution in [1.29, 1.82) is 0 Å². The molecule has 0 spiro atoms. The molecular weight excluding hydrogens is 310 g/mol. The molecule has 0 aliphatic carbocycles. The van der Waals surface area contributed by atoms with Crippen LogP contribution in [0.5, 0.6) is 0 Å². The first kappa shape index (κ1) is 15.4. The molecule has 0 amide bonds. The molecule has 0 N–H and O–H groups in total. The Labute approximate surface area is 98.7 Å². The smallest absolute Gasteiger partial charge is 0.138 e. The number of rotatable bonds is 4. The van der Waals surface area contributed by atoms with E-state index in [1.165, 1.54) is 6.42 Å². The van der Waals surface area contributed by atoms with E-state index in [1.54, 1.807) is 0 Å². The van der Waals surface area contributed by atoms with Crippen LogP contribution < -0.4 is 0 Å². The van der Waals surface area contributed by atoms with Gasteiger partial charge in [-0.2, -0.15) is 0 Å². The van der Waals surface area contributed by atoms with Crippen molar-refractivity contribution >= 4 is 44.0 Å². The topological polar surface area (TPSA) is 0 Å². The van der Waals surface area contributed by atoms with Crippen LogP contribution in [0.2, 0.25) is 0 Å². The van der Waals surface area contributed by atoms with Crippen molar-refractivity contribution in [2.45, 2.75) is 29.5 Å². The monoisotopic (exact) mass is 322 g/mol. The van der Waals surface area contributed by atoms with E-state index in [0.717, 1.165) is 19.0 Å². The molecule has 5 heteroatoms. The van der Waals surface area contributed by atoms with E-state index in [9.17, 15) is 0 Å². The van der Waals surface area contributed by atoms with E-state index in [-0.39, 0.29) is 19.5 Å². The van der Waals surface area contributed by atoms with Gasteiger partial charge in [0.05, 0.1) is 0 Å². The van der Waals surface area contributed by atoms with E-state index < -0.39 is 3.79 Å². The van der Waals surface area contributed by atoms with Crippen LogP contribution in [0.3, 0.4) is 0 Å². The Morgan fingerprint density at radius 1 is 1.00 bits per heavy atom. The molecular formula is C6H12Cl3PRu. The molecule has 0 radical (unpaired) electrons. The second kappa shape index (κ2) is 8.52. The number of halogens is 3. The van der Waals surface area contributed by atoms with Crippen LogP contribution in [0.15, 0.2) is 0 Å². The van der Waals surface area contributed by atoms with E-state index in [1.807, 2.05) is 0 Å². The molecule has 0 fully saturated rings. The fraction of sp³-hybridized carbons (Fsp3) is 1.00. The number of hydrogen-bond acceptors (Lipinski definition) is 0. The summed E-state index contributed by atoms with van der Waals surface area (Å²) in [6.07, 6.45) is 5.16. The normalized spacial score (nSPS) is 10.9. The van der Waals surface area contributed by atoms with E-state index >= 15 is 0 Å². The minimum atomic E-state index is -1.04. The van der Waals surface area contributed by atoms with Crippen LogP contribution in [0.1, 0.15) is 25.7 Å². The second-order valence-electron chi connectivity index (χ2n) is 2.21. The molecule has 0 rings (SSSR count). The Balaban J connectivity index is 0. The maximum Gasteiger partial charge on any atom is 0.190 e. The zero-order chi connectivity index (χ0) is 8.04. The van der Waals surface area contributed by atoms with Gasteiger partial charge in [0.15, 0.2) is 3.79 Å². The summed E-state index contributed by atoms with van der Waals surface area (Å²) in [5.74, 6) is 0. The SMILES string of the molecule is PCCCCCC(Cl)(Cl)Cl.[Ru]. The minimum absolute atomic E-state index is 0. The average Bonchev–Trinajstić information content (AvgIpc) is 1.78. The van der Waals surface area contributed by atoms with Crippen LogP contribution >= 0.6 is 44.0 Å². The summed E-state index contributed by atoms with van der Waals surface area (Å²) in [6, 6.07) is 0. The molecule has 0 heterocycles. The predicted molar refractivity (Wildman–Crippen MR) is 53.3 cm³/mol. The maximum absolute atomic E-state index is 5.54. The summed E-state index contributed by atoms with van der Waals surface area (Å²) in [7, 11) is 2.68. The zero-order valence-electron chi connectivity index (χ0n) is 6.10. The van der Waals surface area contributed by atoms with E-state index in [0.29, 0.717) is 6.42 Å². The van der Waals surface area contributed by atoms with Gasteiger partial charge in [-0.15, -0.1) is 9.24 Å². The van der Waals surface area contributed by atoms with E-state index in [2.05, 4.69) is 9.24 Å². The number of hydrogen-bond donors (Lipinski definition) is 0. The minimum Gasteiger partial charge on any atom is -0.138 e. The Morgan fingerprint density at radius 2 is 1.55 bits per heavy atom. The summed E-state index contributed by atoms with van der Waals surface area (Å²) in [6.45, 7) is 0. The zero-order valence-corrected chi connectivity index (χ0v) is 11.3. The Kier molecular flexibility index (Phi) is 11.9. The molecule has 1 unspecified atom stereocenters. The van der Waals surface area contributed by atoms with Crippen LogP contribution in [-0.2, 0) is 19.5 Å². The fourth-order valence-electron chi connectivity index (χ4n) is 0.647. The first-order valence-corrected chi connectivity index (χ1v) is 5.28. The molecule has 0 aromatic carbocycles. The number of alkyl halides is 3. The van der Waals surface area contributed by atoms with Crippen LogP contribution in [0.25, 0.3) is 0 Å². The third-order valence-electron chi connectivity index (χ3n) is 1.16. The van der Waals surface area contributed by atoms with Gasteiger partial charge in [-0.3, -0.25) is 0 Å². The van der Waals surface area contributed by atoms with Gasteiger partial charge in [-0.1, -0.05) is 41.2 Å². The van der Waals surface area contributed by atoms with Crippen LogP contribution in [0.4, 0.5) is 0 Å². The van der Waals surface area contributed by atoms with Gasteiger partial charge >= 0.3 is 0 Å². The third kappa shape index (κ3) is 14.7. The van der Waals surface area contributed by atoms with Crippen molar-refractivity contribution in [3.05, 3.63) is 0 Å². The van der Waals surface area contributed by atoms with Crippen molar-refractivity contribution in [3.8, 4) is 0 Å². The third-order valence-corrected chi connectivity index (χ3v) is 2.14. The average molecular weight is 323 g/mol. The van der Waals surface area contributed by atoms with Gasteiger partial charge in [0.25, 0.3) is 0 Å². The summed E-state index contributed by atoms with van der Waals surface area (Å²) < 4.78 is -1.04. The van der Waals surface area contributed by atoms with Gasteiger partial charge in [0, 0.05) is 19.5 Å². The Hall–Kier alpha value is 1.92. The van der Waals surface area contributed by atoms with Crippen molar-refractivity contribution < 1.29 is 19.5 Å². The Morgan fingerprint density at radius 3 is 1.91 bits per heavy atom. The first-order chi connectivity index (χ1) is 4.56. The van der Waals surface area contributed by atoms with Crippen molar-refractivity contribution in [2.24, 2.45) is 0 Å². The maximum atomic E-state index is 5.54. The summed E-state index contributed by atoms with van der Waals surface area (Å²) >= 11 is 16.6. The largest absolute Gasteiger partial charge is 0.190 e. The molecule has 11 heavy (non-hydrogen) atoms.